The van der Waals surface area contributed by atoms with Gasteiger partial charge in [-0.2, -0.15) is 0 Å². The molecular formula is C8H22N2Si. The molecule has 0 radical (unpaired) electrons. The lowest BCUT2D eigenvalue weighted by atomic mass is 10.2. The Hall–Kier alpha value is 0.137. The quantitative estimate of drug-likeness (QED) is 0.619. The van der Waals surface area contributed by atoms with Crippen molar-refractivity contribution in [3.05, 3.63) is 0 Å². The van der Waals surface area contributed by atoms with Gasteiger partial charge in [0, 0.05) is 20.7 Å². The van der Waals surface area contributed by atoms with Crippen molar-refractivity contribution in [3.63, 3.8) is 0 Å². The first-order valence-electron chi connectivity index (χ1n) is 4.41. The minimum Gasteiger partial charge on any atom is -0.329 e. The second-order valence-corrected chi connectivity index (χ2v) is 10.1. The van der Waals surface area contributed by atoms with Crippen molar-refractivity contribution in [2.24, 2.45) is 11.5 Å². The van der Waals surface area contributed by atoms with Crippen LogP contribution >= 0.6 is 0 Å². The molecule has 0 aromatic heterocycles. The van der Waals surface area contributed by atoms with Crippen molar-refractivity contribution in [1.29, 1.82) is 0 Å². The van der Waals surface area contributed by atoms with Crippen LogP contribution in [0.25, 0.3) is 0 Å². The van der Waals surface area contributed by atoms with Gasteiger partial charge in [-0.1, -0.05) is 32.1 Å². The first-order valence-corrected chi connectivity index (χ1v) is 8.12. The molecule has 4 N–H and O–H groups in total. The van der Waals surface area contributed by atoms with Gasteiger partial charge in [-0.25, -0.2) is 0 Å². The largest absolute Gasteiger partial charge is 0.329 e. The zero-order valence-electron chi connectivity index (χ0n) is 8.06. The summed E-state index contributed by atoms with van der Waals surface area (Å²) < 4.78 is 0. The van der Waals surface area contributed by atoms with Crippen LogP contribution in [0.4, 0.5) is 0 Å². The van der Waals surface area contributed by atoms with Crippen LogP contribution in [-0.2, 0) is 0 Å². The lowest BCUT2D eigenvalue weighted by molar-refractivity contribution is 0.609. The van der Waals surface area contributed by atoms with E-state index >= 15 is 0 Å². The molecule has 0 aliphatic carbocycles. The van der Waals surface area contributed by atoms with E-state index in [1.807, 2.05) is 0 Å². The van der Waals surface area contributed by atoms with Crippen molar-refractivity contribution in [3.8, 4) is 0 Å². The average Bonchev–Trinajstić information content (AvgIpc) is 1.85. The van der Waals surface area contributed by atoms with Crippen LogP contribution < -0.4 is 11.5 Å². The predicted octanol–water partition coefficient (Wildman–Crippen LogP) is 1.39. The van der Waals surface area contributed by atoms with Crippen LogP contribution in [-0.4, -0.2) is 20.7 Å². The van der Waals surface area contributed by atoms with Gasteiger partial charge in [-0.05, 0) is 6.42 Å². The highest BCUT2D eigenvalue weighted by molar-refractivity contribution is 6.76. The van der Waals surface area contributed by atoms with E-state index in [4.69, 9.17) is 11.5 Å². The zero-order chi connectivity index (χ0) is 8.91. The van der Waals surface area contributed by atoms with Crippen LogP contribution in [0.2, 0.25) is 25.7 Å². The maximum absolute atomic E-state index is 5.69. The molecule has 68 valence electrons. The van der Waals surface area contributed by atoms with E-state index in [0.29, 0.717) is 6.54 Å². The van der Waals surface area contributed by atoms with E-state index < -0.39 is 8.07 Å². The summed E-state index contributed by atoms with van der Waals surface area (Å²) in [4.78, 5) is 0. The molecule has 0 amide bonds. The van der Waals surface area contributed by atoms with Gasteiger partial charge >= 0.3 is 0 Å². The molecular weight excluding hydrogens is 152 g/mol. The summed E-state index contributed by atoms with van der Waals surface area (Å²) >= 11 is 0. The van der Waals surface area contributed by atoms with Gasteiger partial charge in [-0.15, -0.1) is 0 Å². The second-order valence-electron chi connectivity index (χ2n) is 4.45. The monoisotopic (exact) mass is 174 g/mol. The molecule has 3 heteroatoms. The summed E-state index contributed by atoms with van der Waals surface area (Å²) in [6, 6.07) is 1.60. The molecule has 0 fully saturated rings. The molecule has 0 aliphatic rings. The Balaban J connectivity index is 3.28. The molecule has 0 spiro atoms. The van der Waals surface area contributed by atoms with Gasteiger partial charge in [-0.3, -0.25) is 0 Å². The van der Waals surface area contributed by atoms with E-state index in [1.165, 1.54) is 12.5 Å². The third-order valence-electron chi connectivity index (χ3n) is 1.80. The van der Waals surface area contributed by atoms with Crippen molar-refractivity contribution in [2.75, 3.05) is 6.54 Å². The van der Waals surface area contributed by atoms with E-state index in [2.05, 4.69) is 19.6 Å². The normalized spacial score (nSPS) is 15.0. The minimum absolute atomic E-state index is 0.228. The van der Waals surface area contributed by atoms with Crippen LogP contribution in [0.1, 0.15) is 12.8 Å². The minimum atomic E-state index is -0.833. The van der Waals surface area contributed by atoms with Crippen molar-refractivity contribution < 1.29 is 0 Å². The van der Waals surface area contributed by atoms with Gasteiger partial charge in [0.05, 0.1) is 0 Å². The summed E-state index contributed by atoms with van der Waals surface area (Å²) in [5.41, 5.74) is 11.1. The molecule has 0 heterocycles. The Bertz CT molecular complexity index is 98.8. The molecule has 0 saturated carbocycles. The summed E-state index contributed by atoms with van der Waals surface area (Å²) in [5.74, 6) is 0. The van der Waals surface area contributed by atoms with Crippen LogP contribution in [0, 0.1) is 0 Å². The SMILES string of the molecule is C[Si](C)(C)CCCC(N)CN. The molecule has 1 atom stereocenters. The van der Waals surface area contributed by atoms with Gasteiger partial charge in [0.1, 0.15) is 0 Å². The fraction of sp³-hybridized carbons (Fsp3) is 1.00. The first-order chi connectivity index (χ1) is 4.95. The molecule has 0 aliphatic heterocycles. The Labute approximate surface area is 71.4 Å². The third kappa shape index (κ3) is 8.04. The van der Waals surface area contributed by atoms with Gasteiger partial charge in [0.25, 0.3) is 0 Å². The van der Waals surface area contributed by atoms with Gasteiger partial charge in [0.2, 0.25) is 0 Å². The highest BCUT2D eigenvalue weighted by Gasteiger charge is 2.12. The van der Waals surface area contributed by atoms with Crippen LogP contribution in [0.3, 0.4) is 0 Å². The van der Waals surface area contributed by atoms with Crippen LogP contribution in [0.5, 0.6) is 0 Å². The Kier molecular flexibility index (Phi) is 4.96. The zero-order valence-corrected chi connectivity index (χ0v) is 9.06. The van der Waals surface area contributed by atoms with Crippen LogP contribution in [0.15, 0.2) is 0 Å². The topological polar surface area (TPSA) is 52.0 Å². The van der Waals surface area contributed by atoms with Crippen molar-refractivity contribution in [2.45, 2.75) is 44.6 Å². The molecule has 0 aromatic carbocycles. The molecule has 0 saturated heterocycles. The summed E-state index contributed by atoms with van der Waals surface area (Å²) in [6.07, 6.45) is 2.36. The molecule has 0 bridgehead atoms. The molecule has 11 heavy (non-hydrogen) atoms. The van der Waals surface area contributed by atoms with E-state index in [1.54, 1.807) is 0 Å². The van der Waals surface area contributed by atoms with E-state index in [0.717, 1.165) is 6.42 Å². The van der Waals surface area contributed by atoms with E-state index in [9.17, 15) is 0 Å². The fourth-order valence-electron chi connectivity index (χ4n) is 1.01. The molecule has 2 nitrogen and oxygen atoms in total. The van der Waals surface area contributed by atoms with Gasteiger partial charge in [0.15, 0.2) is 0 Å². The standard InChI is InChI=1S/C8H22N2Si/c1-11(2,3)6-4-5-8(10)7-9/h8H,4-7,9-10H2,1-3H3. The molecule has 0 rings (SSSR count). The maximum atomic E-state index is 5.69. The Morgan fingerprint density at radius 2 is 1.82 bits per heavy atom. The predicted molar refractivity (Wildman–Crippen MR) is 54.4 cm³/mol. The Morgan fingerprint density at radius 3 is 2.18 bits per heavy atom. The van der Waals surface area contributed by atoms with E-state index in [-0.39, 0.29) is 6.04 Å². The summed E-state index contributed by atoms with van der Waals surface area (Å²) in [6.45, 7) is 7.80. The lowest BCUT2D eigenvalue weighted by Crippen LogP contribution is -2.30. The average molecular weight is 174 g/mol. The molecule has 0 aromatic rings. The third-order valence-corrected chi connectivity index (χ3v) is 3.66. The van der Waals surface area contributed by atoms with Crippen molar-refractivity contribution >= 4 is 8.07 Å². The first kappa shape index (κ1) is 11.1. The number of nitrogens with two attached hydrogens (primary N) is 2. The molecule has 1 unspecified atom stereocenters. The summed E-state index contributed by atoms with van der Waals surface area (Å²) in [7, 11) is -0.833. The van der Waals surface area contributed by atoms with Gasteiger partial charge < -0.3 is 11.5 Å². The number of hydrogen-bond donors (Lipinski definition) is 2. The smallest absolute Gasteiger partial charge is 0.0442 e. The highest BCUT2D eigenvalue weighted by Crippen LogP contribution is 2.12. The van der Waals surface area contributed by atoms with Crippen molar-refractivity contribution in [1.82, 2.24) is 0 Å². The Morgan fingerprint density at radius 1 is 1.27 bits per heavy atom. The maximum Gasteiger partial charge on any atom is 0.0442 e. The fourth-order valence-corrected chi connectivity index (χ4v) is 2.28. The number of hydrogen-bond acceptors (Lipinski definition) is 2. The summed E-state index contributed by atoms with van der Waals surface area (Å²) in [5, 5.41) is 0. The second kappa shape index (κ2) is 4.90. The lowest BCUT2D eigenvalue weighted by Gasteiger charge is -2.16. The highest BCUT2D eigenvalue weighted by atomic mass is 28.3. The number of rotatable bonds is 5.